The third-order valence-corrected chi connectivity index (χ3v) is 5.48. The smallest absolute Gasteiger partial charge is 0.342 e. The third kappa shape index (κ3) is 4.30. The van der Waals surface area contributed by atoms with E-state index in [9.17, 15) is 27.6 Å². The first-order chi connectivity index (χ1) is 13.6. The Morgan fingerprint density at radius 1 is 1.31 bits per heavy atom. The number of alkyl halides is 3. The summed E-state index contributed by atoms with van der Waals surface area (Å²) in [6.45, 7) is 3.94. The highest BCUT2D eigenvalue weighted by Crippen LogP contribution is 2.34. The van der Waals surface area contributed by atoms with Gasteiger partial charge >= 0.3 is 12.2 Å². The van der Waals surface area contributed by atoms with Crippen molar-refractivity contribution in [1.82, 2.24) is 15.5 Å². The zero-order valence-electron chi connectivity index (χ0n) is 16.0. The molecule has 158 valence electrons. The number of anilines is 1. The van der Waals surface area contributed by atoms with Gasteiger partial charge in [0, 0.05) is 6.54 Å². The summed E-state index contributed by atoms with van der Waals surface area (Å²) in [5, 5.41) is 7.52. The molecule has 2 aliphatic heterocycles. The van der Waals surface area contributed by atoms with Gasteiger partial charge in [0.05, 0.1) is 17.3 Å². The number of hydrogen-bond acceptors (Lipinski definition) is 3. The van der Waals surface area contributed by atoms with Crippen LogP contribution in [-0.2, 0) is 15.8 Å². The van der Waals surface area contributed by atoms with Gasteiger partial charge in [0.25, 0.3) is 0 Å². The van der Waals surface area contributed by atoms with E-state index in [0.717, 1.165) is 18.6 Å². The van der Waals surface area contributed by atoms with Crippen molar-refractivity contribution < 1.29 is 27.6 Å². The maximum Gasteiger partial charge on any atom is 0.418 e. The number of para-hydroxylation sites is 1. The van der Waals surface area contributed by atoms with Crippen molar-refractivity contribution in [2.45, 2.75) is 51.0 Å². The van der Waals surface area contributed by atoms with Crippen LogP contribution in [0.2, 0.25) is 0 Å². The molecule has 0 spiro atoms. The largest absolute Gasteiger partial charge is 0.418 e. The zero-order valence-corrected chi connectivity index (χ0v) is 16.0. The summed E-state index contributed by atoms with van der Waals surface area (Å²) >= 11 is 0. The summed E-state index contributed by atoms with van der Waals surface area (Å²) in [6, 6.07) is 2.02. The minimum absolute atomic E-state index is 0.0263. The summed E-state index contributed by atoms with van der Waals surface area (Å²) in [5.41, 5.74) is -1.32. The van der Waals surface area contributed by atoms with E-state index in [2.05, 4.69) is 16.0 Å². The van der Waals surface area contributed by atoms with Crippen LogP contribution in [-0.4, -0.2) is 47.4 Å². The van der Waals surface area contributed by atoms with Crippen LogP contribution in [0.5, 0.6) is 0 Å². The van der Waals surface area contributed by atoms with Gasteiger partial charge in [-0.15, -0.1) is 0 Å². The molecule has 2 fully saturated rings. The van der Waals surface area contributed by atoms with E-state index in [1.165, 1.54) is 17.0 Å². The fourth-order valence-electron chi connectivity index (χ4n) is 3.73. The summed E-state index contributed by atoms with van der Waals surface area (Å²) in [6.07, 6.45) is -3.68. The lowest BCUT2D eigenvalue weighted by atomic mass is 9.95. The maximum atomic E-state index is 13.1. The monoisotopic (exact) mass is 412 g/mol. The highest BCUT2D eigenvalue weighted by atomic mass is 19.4. The first kappa shape index (κ1) is 20.9. The highest BCUT2D eigenvalue weighted by Gasteiger charge is 2.47. The van der Waals surface area contributed by atoms with E-state index in [4.69, 9.17) is 0 Å². The van der Waals surface area contributed by atoms with Gasteiger partial charge in [0.2, 0.25) is 11.8 Å². The normalized spacial score (nSPS) is 25.3. The molecule has 1 aromatic rings. The zero-order chi connectivity index (χ0) is 21.3. The fraction of sp³-hybridized carbons (Fsp3) is 0.526. The van der Waals surface area contributed by atoms with E-state index < -0.39 is 35.9 Å². The Hall–Kier alpha value is -2.78. The number of urea groups is 1. The number of fused-ring (bicyclic) bond motifs is 1. The van der Waals surface area contributed by atoms with E-state index in [1.807, 2.05) is 13.8 Å². The van der Waals surface area contributed by atoms with Crippen molar-refractivity contribution >= 4 is 23.5 Å². The Labute approximate surface area is 166 Å². The predicted molar refractivity (Wildman–Crippen MR) is 98.9 cm³/mol. The molecule has 0 bridgehead atoms. The molecular formula is C19H23F3N4O3. The number of benzene rings is 1. The van der Waals surface area contributed by atoms with Crippen molar-refractivity contribution in [3.63, 3.8) is 0 Å². The number of nitrogens with one attached hydrogen (secondary N) is 3. The van der Waals surface area contributed by atoms with Gasteiger partial charge in [-0.2, -0.15) is 13.2 Å². The van der Waals surface area contributed by atoms with E-state index >= 15 is 0 Å². The molecule has 29 heavy (non-hydrogen) atoms. The lowest BCUT2D eigenvalue weighted by Crippen LogP contribution is -2.62. The average molecular weight is 412 g/mol. The number of hydrogen-bond donors (Lipinski definition) is 3. The van der Waals surface area contributed by atoms with Crippen molar-refractivity contribution in [2.24, 2.45) is 5.92 Å². The Morgan fingerprint density at radius 2 is 2.00 bits per heavy atom. The maximum absolute atomic E-state index is 13.1. The number of amides is 4. The van der Waals surface area contributed by atoms with Crippen LogP contribution in [0.15, 0.2) is 24.3 Å². The third-order valence-electron chi connectivity index (χ3n) is 5.48. The Balaban J connectivity index is 1.65. The number of rotatable bonds is 4. The van der Waals surface area contributed by atoms with Gasteiger partial charge < -0.3 is 20.9 Å². The molecule has 3 rings (SSSR count). The van der Waals surface area contributed by atoms with Crippen LogP contribution in [0.4, 0.5) is 23.7 Å². The average Bonchev–Trinajstić information content (AvgIpc) is 3.08. The molecule has 10 heteroatoms. The van der Waals surface area contributed by atoms with Gasteiger partial charge in [-0.05, 0) is 24.5 Å². The molecule has 2 aliphatic rings. The second kappa shape index (κ2) is 7.92. The molecule has 2 heterocycles. The van der Waals surface area contributed by atoms with Crippen LogP contribution in [0, 0.1) is 5.92 Å². The molecule has 0 aromatic heterocycles. The molecular weight excluding hydrogens is 389 g/mol. The molecule has 7 nitrogen and oxygen atoms in total. The molecule has 4 amide bonds. The topological polar surface area (TPSA) is 90.5 Å². The minimum Gasteiger partial charge on any atom is -0.342 e. The van der Waals surface area contributed by atoms with Crippen LogP contribution >= 0.6 is 0 Å². The number of nitrogens with zero attached hydrogens (tertiary/aromatic N) is 1. The Bertz CT molecular complexity index is 814. The molecule has 4 atom stereocenters. The SMILES string of the molecule is CC[C@H](C)[C@@H]1NC(=O)[C@@H]2C[C@H](NC(=O)Nc3ccccc3C(F)(F)F)CN2C1=O. The van der Waals surface area contributed by atoms with Crippen LogP contribution in [0.25, 0.3) is 0 Å². The number of halogens is 3. The first-order valence-corrected chi connectivity index (χ1v) is 9.46. The lowest BCUT2D eigenvalue weighted by molar-refractivity contribution is -0.148. The van der Waals surface area contributed by atoms with Gasteiger partial charge in [-0.1, -0.05) is 32.4 Å². The minimum atomic E-state index is -4.60. The van der Waals surface area contributed by atoms with Gasteiger partial charge in [0.15, 0.2) is 0 Å². The van der Waals surface area contributed by atoms with Gasteiger partial charge in [-0.25, -0.2) is 4.79 Å². The first-order valence-electron chi connectivity index (χ1n) is 9.46. The number of piperazine rings is 1. The molecule has 3 N–H and O–H groups in total. The predicted octanol–water partition coefficient (Wildman–Crippen LogP) is 2.34. The van der Waals surface area contributed by atoms with Gasteiger partial charge in [-0.3, -0.25) is 9.59 Å². The van der Waals surface area contributed by atoms with Crippen LogP contribution in [0.3, 0.4) is 0 Å². The van der Waals surface area contributed by atoms with Crippen molar-refractivity contribution in [1.29, 1.82) is 0 Å². The van der Waals surface area contributed by atoms with Crippen molar-refractivity contribution in [3.8, 4) is 0 Å². The fourth-order valence-corrected chi connectivity index (χ4v) is 3.73. The second-order valence-electron chi connectivity index (χ2n) is 7.45. The van der Waals surface area contributed by atoms with Crippen molar-refractivity contribution in [3.05, 3.63) is 29.8 Å². The Morgan fingerprint density at radius 3 is 2.66 bits per heavy atom. The molecule has 0 saturated carbocycles. The van der Waals surface area contributed by atoms with E-state index in [0.29, 0.717) is 0 Å². The summed E-state index contributed by atoms with van der Waals surface area (Å²) < 4.78 is 39.2. The number of carbonyl (C=O) groups is 3. The van der Waals surface area contributed by atoms with Crippen LogP contribution < -0.4 is 16.0 Å². The standard InChI is InChI=1S/C19H23F3N4O3/c1-3-10(2)15-17(28)26-9-11(8-14(26)16(27)25-15)23-18(29)24-13-7-5-4-6-12(13)19(20,21)22/h4-7,10-11,14-15H,3,8-9H2,1-2H3,(H,25,27)(H2,23,24,29)/t10-,11-,14-,15-/m0/s1. The van der Waals surface area contributed by atoms with E-state index in [1.54, 1.807) is 0 Å². The van der Waals surface area contributed by atoms with Crippen molar-refractivity contribution in [2.75, 3.05) is 11.9 Å². The second-order valence-corrected chi connectivity index (χ2v) is 7.45. The molecule has 0 unspecified atom stereocenters. The molecule has 0 radical (unpaired) electrons. The number of carbonyl (C=O) groups excluding carboxylic acids is 3. The van der Waals surface area contributed by atoms with E-state index in [-0.39, 0.29) is 36.4 Å². The quantitative estimate of drug-likeness (QED) is 0.709. The summed E-state index contributed by atoms with van der Waals surface area (Å²) in [5.74, 6) is -0.500. The lowest BCUT2D eigenvalue weighted by Gasteiger charge is -2.36. The van der Waals surface area contributed by atoms with Crippen LogP contribution in [0.1, 0.15) is 32.3 Å². The Kier molecular flexibility index (Phi) is 5.72. The summed E-state index contributed by atoms with van der Waals surface area (Å²) in [7, 11) is 0. The van der Waals surface area contributed by atoms with Gasteiger partial charge in [0.1, 0.15) is 12.1 Å². The molecule has 2 saturated heterocycles. The summed E-state index contributed by atoms with van der Waals surface area (Å²) in [4.78, 5) is 38.7. The molecule has 1 aromatic carbocycles. The molecule has 0 aliphatic carbocycles. The highest BCUT2D eigenvalue weighted by molar-refractivity contribution is 5.98.